The van der Waals surface area contributed by atoms with Crippen LogP contribution in [0.3, 0.4) is 0 Å². The van der Waals surface area contributed by atoms with E-state index in [4.69, 9.17) is 14.6 Å². The van der Waals surface area contributed by atoms with E-state index < -0.39 is 11.8 Å². The summed E-state index contributed by atoms with van der Waals surface area (Å²) in [5.41, 5.74) is 0.461. The zero-order valence-electron chi connectivity index (χ0n) is 11.0. The Bertz CT molecular complexity index is 406. The second-order valence-corrected chi connectivity index (χ2v) is 4.14. The lowest BCUT2D eigenvalue weighted by atomic mass is 10.1. The number of unbranched alkanes of at least 4 members (excludes halogenated alkanes) is 1. The van der Waals surface area contributed by atoms with Crippen molar-refractivity contribution >= 4 is 5.97 Å². The quantitative estimate of drug-likeness (QED) is 0.701. The van der Waals surface area contributed by atoms with Gasteiger partial charge in [-0.2, -0.15) is 0 Å². The normalized spacial score (nSPS) is 10.4. The van der Waals surface area contributed by atoms with E-state index >= 15 is 0 Å². The number of halogens is 1. The Hall–Kier alpha value is -1.62. The van der Waals surface area contributed by atoms with Crippen LogP contribution < -0.4 is 4.74 Å². The van der Waals surface area contributed by atoms with E-state index in [-0.39, 0.29) is 18.8 Å². The van der Waals surface area contributed by atoms with E-state index in [1.807, 2.05) is 0 Å². The molecule has 0 saturated carbocycles. The third-order valence-corrected chi connectivity index (χ3v) is 2.50. The van der Waals surface area contributed by atoms with Crippen LogP contribution in [0.1, 0.15) is 25.3 Å². The molecule has 0 radical (unpaired) electrons. The molecular formula is C14H19FO4. The van der Waals surface area contributed by atoms with Gasteiger partial charge in [0, 0.05) is 18.2 Å². The van der Waals surface area contributed by atoms with Gasteiger partial charge in [-0.3, -0.25) is 4.79 Å². The van der Waals surface area contributed by atoms with Gasteiger partial charge in [0.05, 0.1) is 13.0 Å². The number of aliphatic carboxylic acids is 1. The first-order valence-electron chi connectivity index (χ1n) is 6.34. The highest BCUT2D eigenvalue weighted by Gasteiger charge is 2.09. The van der Waals surface area contributed by atoms with E-state index in [2.05, 4.69) is 6.92 Å². The molecule has 1 aromatic carbocycles. The molecule has 0 heterocycles. The summed E-state index contributed by atoms with van der Waals surface area (Å²) >= 11 is 0. The van der Waals surface area contributed by atoms with Crippen LogP contribution in [0, 0.1) is 5.82 Å². The van der Waals surface area contributed by atoms with Gasteiger partial charge in [0.15, 0.2) is 0 Å². The summed E-state index contributed by atoms with van der Waals surface area (Å²) in [6.45, 7) is 3.43. The number of hydrogen-bond acceptors (Lipinski definition) is 3. The summed E-state index contributed by atoms with van der Waals surface area (Å²) in [7, 11) is 0. The Kier molecular flexibility index (Phi) is 6.89. The van der Waals surface area contributed by atoms with Gasteiger partial charge < -0.3 is 14.6 Å². The van der Waals surface area contributed by atoms with Crippen molar-refractivity contribution in [1.82, 2.24) is 0 Å². The second-order valence-electron chi connectivity index (χ2n) is 4.14. The molecule has 0 saturated heterocycles. The van der Waals surface area contributed by atoms with Crippen LogP contribution in [0.5, 0.6) is 5.75 Å². The van der Waals surface area contributed by atoms with Crippen LogP contribution in [0.2, 0.25) is 0 Å². The lowest BCUT2D eigenvalue weighted by Gasteiger charge is -2.10. The zero-order chi connectivity index (χ0) is 14.1. The maximum atomic E-state index is 13.1. The lowest BCUT2D eigenvalue weighted by molar-refractivity contribution is -0.136. The van der Waals surface area contributed by atoms with Gasteiger partial charge in [0.25, 0.3) is 0 Å². The first-order valence-corrected chi connectivity index (χ1v) is 6.34. The van der Waals surface area contributed by atoms with E-state index in [0.717, 1.165) is 12.8 Å². The number of hydrogen-bond donors (Lipinski definition) is 1. The van der Waals surface area contributed by atoms with Crippen LogP contribution in [0.25, 0.3) is 0 Å². The fraction of sp³-hybridized carbons (Fsp3) is 0.500. The van der Waals surface area contributed by atoms with Crippen molar-refractivity contribution in [2.75, 3.05) is 19.8 Å². The summed E-state index contributed by atoms with van der Waals surface area (Å²) in [5.74, 6) is -1.16. The molecule has 0 amide bonds. The first kappa shape index (κ1) is 15.4. The van der Waals surface area contributed by atoms with E-state index in [1.54, 1.807) is 0 Å². The second kappa shape index (κ2) is 8.48. The molecule has 1 N–H and O–H groups in total. The SMILES string of the molecule is CCCCOCCOc1cc(F)ccc1CC(=O)O. The standard InChI is InChI=1S/C14H19FO4/c1-2-3-6-18-7-8-19-13-10-12(15)5-4-11(13)9-14(16)17/h4-5,10H,2-3,6-9H2,1H3,(H,16,17). The Morgan fingerprint density at radius 1 is 1.32 bits per heavy atom. The molecule has 1 aromatic rings. The van der Waals surface area contributed by atoms with Crippen LogP contribution in [-0.2, 0) is 16.0 Å². The van der Waals surface area contributed by atoms with Crippen molar-refractivity contribution < 1.29 is 23.8 Å². The smallest absolute Gasteiger partial charge is 0.307 e. The largest absolute Gasteiger partial charge is 0.491 e. The fourth-order valence-corrected chi connectivity index (χ4v) is 1.53. The Balaban J connectivity index is 2.46. The van der Waals surface area contributed by atoms with Gasteiger partial charge in [-0.25, -0.2) is 4.39 Å². The van der Waals surface area contributed by atoms with Gasteiger partial charge in [-0.1, -0.05) is 19.4 Å². The maximum Gasteiger partial charge on any atom is 0.307 e. The van der Waals surface area contributed by atoms with E-state index in [9.17, 15) is 9.18 Å². The molecule has 4 nitrogen and oxygen atoms in total. The molecule has 0 fully saturated rings. The van der Waals surface area contributed by atoms with Gasteiger partial charge in [0.2, 0.25) is 0 Å². The minimum Gasteiger partial charge on any atom is -0.491 e. The van der Waals surface area contributed by atoms with Gasteiger partial charge in [0.1, 0.15) is 18.2 Å². The van der Waals surface area contributed by atoms with Crippen molar-refractivity contribution in [3.05, 3.63) is 29.6 Å². The predicted octanol–water partition coefficient (Wildman–Crippen LogP) is 2.65. The number of carboxylic acid groups (broad SMARTS) is 1. The van der Waals surface area contributed by atoms with Gasteiger partial charge in [-0.05, 0) is 12.5 Å². The van der Waals surface area contributed by atoms with Crippen LogP contribution in [-0.4, -0.2) is 30.9 Å². The molecular weight excluding hydrogens is 251 g/mol. The fourth-order valence-electron chi connectivity index (χ4n) is 1.53. The number of rotatable bonds is 9. The molecule has 0 aliphatic heterocycles. The van der Waals surface area contributed by atoms with E-state index in [0.29, 0.717) is 18.8 Å². The van der Waals surface area contributed by atoms with Crippen LogP contribution in [0.4, 0.5) is 4.39 Å². The van der Waals surface area contributed by atoms with E-state index in [1.165, 1.54) is 18.2 Å². The van der Waals surface area contributed by atoms with Crippen LogP contribution in [0.15, 0.2) is 18.2 Å². The zero-order valence-corrected chi connectivity index (χ0v) is 11.0. The minimum atomic E-state index is -0.976. The molecule has 19 heavy (non-hydrogen) atoms. The molecule has 0 spiro atoms. The summed E-state index contributed by atoms with van der Waals surface area (Å²) in [6.07, 6.45) is 1.87. The van der Waals surface area contributed by atoms with Crippen LogP contribution >= 0.6 is 0 Å². The number of benzene rings is 1. The summed E-state index contributed by atoms with van der Waals surface area (Å²) in [4.78, 5) is 10.7. The van der Waals surface area contributed by atoms with Gasteiger partial charge in [-0.15, -0.1) is 0 Å². The first-order chi connectivity index (χ1) is 9.13. The average molecular weight is 270 g/mol. The predicted molar refractivity (Wildman–Crippen MR) is 69.0 cm³/mol. The third kappa shape index (κ3) is 6.20. The van der Waals surface area contributed by atoms with Crippen molar-refractivity contribution in [3.63, 3.8) is 0 Å². The molecule has 0 aliphatic rings. The topological polar surface area (TPSA) is 55.8 Å². The summed E-state index contributed by atoms with van der Waals surface area (Å²) in [6, 6.07) is 3.85. The Morgan fingerprint density at radius 2 is 2.11 bits per heavy atom. The van der Waals surface area contributed by atoms with Gasteiger partial charge >= 0.3 is 5.97 Å². The molecule has 106 valence electrons. The Morgan fingerprint density at radius 3 is 2.79 bits per heavy atom. The summed E-state index contributed by atoms with van der Waals surface area (Å²) < 4.78 is 23.8. The van der Waals surface area contributed by atoms with Crippen molar-refractivity contribution in [1.29, 1.82) is 0 Å². The molecule has 0 aliphatic carbocycles. The Labute approximate surface area is 112 Å². The minimum absolute atomic E-state index is 0.188. The highest BCUT2D eigenvalue weighted by atomic mass is 19.1. The molecule has 0 unspecified atom stereocenters. The highest BCUT2D eigenvalue weighted by molar-refractivity contribution is 5.71. The number of carbonyl (C=O) groups is 1. The average Bonchev–Trinajstić information content (AvgIpc) is 2.36. The van der Waals surface area contributed by atoms with Crippen molar-refractivity contribution in [2.24, 2.45) is 0 Å². The number of carboxylic acids is 1. The maximum absolute atomic E-state index is 13.1. The third-order valence-electron chi connectivity index (χ3n) is 2.50. The molecule has 0 atom stereocenters. The molecule has 1 rings (SSSR count). The lowest BCUT2D eigenvalue weighted by Crippen LogP contribution is -2.10. The van der Waals surface area contributed by atoms with Crippen molar-refractivity contribution in [2.45, 2.75) is 26.2 Å². The molecule has 5 heteroatoms. The highest BCUT2D eigenvalue weighted by Crippen LogP contribution is 2.20. The monoisotopic (exact) mass is 270 g/mol. The number of ether oxygens (including phenoxy) is 2. The molecule has 0 aromatic heterocycles. The van der Waals surface area contributed by atoms with Crippen molar-refractivity contribution in [3.8, 4) is 5.75 Å². The molecule has 0 bridgehead atoms. The summed E-state index contributed by atoms with van der Waals surface area (Å²) in [5, 5.41) is 8.76.